The fourth-order valence-corrected chi connectivity index (χ4v) is 2.94. The summed E-state index contributed by atoms with van der Waals surface area (Å²) in [5, 5.41) is 0. The number of unbranched alkanes of at least 4 members (excludes halogenated alkanes) is 5. The first kappa shape index (κ1) is 15.6. The van der Waals surface area contributed by atoms with Gasteiger partial charge in [0.15, 0.2) is 0 Å². The predicted molar refractivity (Wildman–Crippen MR) is 83.1 cm³/mol. The molecule has 0 fully saturated rings. The van der Waals surface area contributed by atoms with Gasteiger partial charge < -0.3 is 5.73 Å². The summed E-state index contributed by atoms with van der Waals surface area (Å²) in [6, 6.07) is 8.73. The Morgan fingerprint density at radius 3 is 2.44 bits per heavy atom. The van der Waals surface area contributed by atoms with Crippen molar-refractivity contribution in [1.29, 1.82) is 0 Å². The van der Waals surface area contributed by atoms with Gasteiger partial charge in [0, 0.05) is 10.9 Å². The molecule has 2 N–H and O–H groups in total. The normalized spacial score (nSPS) is 12.6. The molecule has 102 valence electrons. The molecule has 18 heavy (non-hydrogen) atoms. The fraction of sp³-hybridized carbons (Fsp3) is 0.625. The third-order valence-electron chi connectivity index (χ3n) is 3.41. The van der Waals surface area contributed by atoms with E-state index in [2.05, 4.69) is 37.4 Å². The standard InChI is InChI=1S/C16H27NS/c1-3-4-5-6-7-8-12-15(17)14-11-9-10-13-16(14)18-2/h9-11,13,15H,3-8,12,17H2,1-2H3. The van der Waals surface area contributed by atoms with Gasteiger partial charge in [0.25, 0.3) is 0 Å². The van der Waals surface area contributed by atoms with Gasteiger partial charge in [-0.05, 0) is 24.3 Å². The monoisotopic (exact) mass is 265 g/mol. The summed E-state index contributed by atoms with van der Waals surface area (Å²) in [5.74, 6) is 0. The van der Waals surface area contributed by atoms with E-state index in [4.69, 9.17) is 5.73 Å². The molecule has 1 nitrogen and oxygen atoms in total. The summed E-state index contributed by atoms with van der Waals surface area (Å²) in [6.07, 6.45) is 11.3. The highest BCUT2D eigenvalue weighted by Crippen LogP contribution is 2.27. The minimum absolute atomic E-state index is 0.208. The molecule has 0 amide bonds. The van der Waals surface area contributed by atoms with Crippen molar-refractivity contribution < 1.29 is 0 Å². The van der Waals surface area contributed by atoms with Crippen molar-refractivity contribution in [2.75, 3.05) is 6.26 Å². The van der Waals surface area contributed by atoms with Gasteiger partial charge in [-0.15, -0.1) is 11.8 Å². The molecule has 0 spiro atoms. The zero-order valence-corrected chi connectivity index (χ0v) is 12.6. The topological polar surface area (TPSA) is 26.0 Å². The second kappa shape index (κ2) is 9.46. The minimum atomic E-state index is 0.208. The van der Waals surface area contributed by atoms with Crippen molar-refractivity contribution in [2.24, 2.45) is 5.73 Å². The van der Waals surface area contributed by atoms with Crippen LogP contribution in [0.25, 0.3) is 0 Å². The molecule has 1 rings (SSSR count). The van der Waals surface area contributed by atoms with Crippen molar-refractivity contribution in [3.05, 3.63) is 29.8 Å². The Hall–Kier alpha value is -0.470. The van der Waals surface area contributed by atoms with E-state index in [1.54, 1.807) is 11.8 Å². The Labute approximate surface area is 117 Å². The van der Waals surface area contributed by atoms with Crippen LogP contribution in [0, 0.1) is 0 Å². The molecule has 1 unspecified atom stereocenters. The maximum atomic E-state index is 6.30. The molecular weight excluding hydrogens is 238 g/mol. The molecule has 2 heteroatoms. The maximum absolute atomic E-state index is 6.30. The molecule has 0 saturated carbocycles. The van der Waals surface area contributed by atoms with Crippen molar-refractivity contribution in [1.82, 2.24) is 0 Å². The van der Waals surface area contributed by atoms with Gasteiger partial charge in [-0.25, -0.2) is 0 Å². The lowest BCUT2D eigenvalue weighted by atomic mass is 10.0. The lowest BCUT2D eigenvalue weighted by molar-refractivity contribution is 0.544. The minimum Gasteiger partial charge on any atom is -0.324 e. The first-order chi connectivity index (χ1) is 8.79. The maximum Gasteiger partial charge on any atom is 0.0305 e. The summed E-state index contributed by atoms with van der Waals surface area (Å²) in [6.45, 7) is 2.26. The van der Waals surface area contributed by atoms with E-state index < -0.39 is 0 Å². The van der Waals surface area contributed by atoms with E-state index in [9.17, 15) is 0 Å². The number of nitrogens with two attached hydrogens (primary N) is 1. The van der Waals surface area contributed by atoms with Crippen LogP contribution < -0.4 is 5.73 Å². The van der Waals surface area contributed by atoms with E-state index in [1.807, 2.05) is 0 Å². The lowest BCUT2D eigenvalue weighted by Gasteiger charge is -2.15. The van der Waals surface area contributed by atoms with E-state index in [-0.39, 0.29) is 6.04 Å². The Kier molecular flexibility index (Phi) is 8.19. The van der Waals surface area contributed by atoms with Gasteiger partial charge in [-0.2, -0.15) is 0 Å². The Balaban J connectivity index is 2.29. The third-order valence-corrected chi connectivity index (χ3v) is 4.22. The molecule has 0 aliphatic rings. The molecule has 0 aromatic heterocycles. The van der Waals surface area contributed by atoms with Gasteiger partial charge in [0.2, 0.25) is 0 Å². The molecule has 0 saturated heterocycles. The van der Waals surface area contributed by atoms with Gasteiger partial charge in [-0.1, -0.05) is 63.6 Å². The largest absolute Gasteiger partial charge is 0.324 e. The molecule has 1 atom stereocenters. The first-order valence-corrected chi connectivity index (χ1v) is 8.40. The highest BCUT2D eigenvalue weighted by atomic mass is 32.2. The van der Waals surface area contributed by atoms with Crippen LogP contribution in [-0.4, -0.2) is 6.26 Å². The number of hydrogen-bond acceptors (Lipinski definition) is 2. The van der Waals surface area contributed by atoms with Crippen LogP contribution in [0.3, 0.4) is 0 Å². The van der Waals surface area contributed by atoms with E-state index >= 15 is 0 Å². The quantitative estimate of drug-likeness (QED) is 0.493. The van der Waals surface area contributed by atoms with Crippen LogP contribution in [0.1, 0.15) is 63.5 Å². The van der Waals surface area contributed by atoms with E-state index in [1.165, 1.54) is 49.0 Å². The Morgan fingerprint density at radius 1 is 1.06 bits per heavy atom. The second-order valence-electron chi connectivity index (χ2n) is 4.90. The molecule has 0 heterocycles. The average molecular weight is 265 g/mol. The number of hydrogen-bond donors (Lipinski definition) is 1. The number of thioether (sulfide) groups is 1. The van der Waals surface area contributed by atoms with Crippen molar-refractivity contribution in [3.63, 3.8) is 0 Å². The molecule has 0 radical (unpaired) electrons. The SMILES string of the molecule is CCCCCCCCC(N)c1ccccc1SC. The first-order valence-electron chi connectivity index (χ1n) is 7.18. The number of rotatable bonds is 9. The van der Waals surface area contributed by atoms with Gasteiger partial charge in [-0.3, -0.25) is 0 Å². The van der Waals surface area contributed by atoms with E-state index in [0.29, 0.717) is 0 Å². The number of benzene rings is 1. The van der Waals surface area contributed by atoms with Crippen LogP contribution in [-0.2, 0) is 0 Å². The third kappa shape index (κ3) is 5.45. The highest BCUT2D eigenvalue weighted by Gasteiger charge is 2.09. The van der Waals surface area contributed by atoms with Crippen molar-refractivity contribution in [2.45, 2.75) is 62.8 Å². The van der Waals surface area contributed by atoms with Crippen LogP contribution in [0.15, 0.2) is 29.2 Å². The summed E-state index contributed by atoms with van der Waals surface area (Å²) in [7, 11) is 0. The molecule has 0 aliphatic heterocycles. The Bertz CT molecular complexity index is 325. The Morgan fingerprint density at radius 2 is 1.72 bits per heavy atom. The second-order valence-corrected chi connectivity index (χ2v) is 5.75. The van der Waals surface area contributed by atoms with Crippen LogP contribution in [0.2, 0.25) is 0 Å². The summed E-state index contributed by atoms with van der Waals surface area (Å²) in [5.41, 5.74) is 7.62. The molecular formula is C16H27NS. The van der Waals surface area contributed by atoms with Crippen molar-refractivity contribution >= 4 is 11.8 Å². The fourth-order valence-electron chi connectivity index (χ4n) is 2.27. The van der Waals surface area contributed by atoms with Gasteiger partial charge >= 0.3 is 0 Å². The molecule has 1 aromatic rings. The van der Waals surface area contributed by atoms with Crippen LogP contribution in [0.5, 0.6) is 0 Å². The summed E-state index contributed by atoms with van der Waals surface area (Å²) < 4.78 is 0. The zero-order chi connectivity index (χ0) is 13.2. The van der Waals surface area contributed by atoms with Crippen LogP contribution >= 0.6 is 11.8 Å². The lowest BCUT2D eigenvalue weighted by Crippen LogP contribution is -2.11. The van der Waals surface area contributed by atoms with Gasteiger partial charge in [0.1, 0.15) is 0 Å². The molecule has 0 bridgehead atoms. The summed E-state index contributed by atoms with van der Waals surface area (Å²) >= 11 is 1.79. The highest BCUT2D eigenvalue weighted by molar-refractivity contribution is 7.98. The van der Waals surface area contributed by atoms with Crippen molar-refractivity contribution in [3.8, 4) is 0 Å². The average Bonchev–Trinajstić information content (AvgIpc) is 2.42. The van der Waals surface area contributed by atoms with E-state index in [0.717, 1.165) is 6.42 Å². The molecule has 0 aliphatic carbocycles. The van der Waals surface area contributed by atoms with Gasteiger partial charge in [0.05, 0.1) is 0 Å². The summed E-state index contributed by atoms with van der Waals surface area (Å²) in [4.78, 5) is 1.33. The van der Waals surface area contributed by atoms with Crippen LogP contribution in [0.4, 0.5) is 0 Å². The predicted octanol–water partition coefficient (Wildman–Crippen LogP) is 5.16. The molecule has 1 aromatic carbocycles. The zero-order valence-electron chi connectivity index (χ0n) is 11.8. The smallest absolute Gasteiger partial charge is 0.0305 e.